The number of methoxy groups -OCH3 is 2. The van der Waals surface area contributed by atoms with E-state index in [4.69, 9.17) is 34.1 Å². The van der Waals surface area contributed by atoms with Gasteiger partial charge in [0.15, 0.2) is 5.13 Å². The van der Waals surface area contributed by atoms with E-state index < -0.39 is 60.4 Å². The Labute approximate surface area is 490 Å². The second-order valence-corrected chi connectivity index (χ2v) is 24.2. The maximum absolute atomic E-state index is 14.2. The minimum atomic E-state index is -1.28. The van der Waals surface area contributed by atoms with Crippen molar-refractivity contribution >= 4 is 121 Å². The van der Waals surface area contributed by atoms with Crippen LogP contribution in [0.5, 0.6) is 0 Å². The molecule has 3 atom stereocenters. The quantitative estimate of drug-likeness (QED) is 0.0644. The summed E-state index contributed by atoms with van der Waals surface area (Å²) in [7, 11) is 4.24. The van der Waals surface area contributed by atoms with Crippen LogP contribution < -0.4 is 31.9 Å². The lowest BCUT2D eigenvalue weighted by Crippen LogP contribution is -2.40. The van der Waals surface area contributed by atoms with Crippen molar-refractivity contribution < 1.29 is 52.9 Å². The number of carbonyl (C=O) groups is 7. The summed E-state index contributed by atoms with van der Waals surface area (Å²) in [6.07, 6.45) is -0.472. The summed E-state index contributed by atoms with van der Waals surface area (Å²) in [5, 5.41) is 36.8. The number of anilines is 2. The van der Waals surface area contributed by atoms with Crippen molar-refractivity contribution in [3.8, 4) is 43.4 Å². The number of aliphatic hydroxyl groups is 1. The number of amides is 6. The summed E-state index contributed by atoms with van der Waals surface area (Å²) in [6, 6.07) is 10.1. The van der Waals surface area contributed by atoms with E-state index in [1.54, 1.807) is 70.9 Å². The maximum Gasteiger partial charge on any atom is 0.413 e. The van der Waals surface area contributed by atoms with E-state index in [2.05, 4.69) is 46.9 Å². The lowest BCUT2D eigenvalue weighted by atomic mass is 9.87. The first-order chi connectivity index (χ1) is 39.6. The van der Waals surface area contributed by atoms with Crippen LogP contribution in [0.25, 0.3) is 43.4 Å². The molecule has 1 saturated carbocycles. The molecule has 7 N–H and O–H groups in total. The van der Waals surface area contributed by atoms with Crippen molar-refractivity contribution in [1.29, 1.82) is 0 Å². The number of hydrogen-bond acceptors (Lipinski definition) is 24. The van der Waals surface area contributed by atoms with Crippen LogP contribution in [0.4, 0.5) is 15.7 Å². The molecule has 0 radical (unpaired) electrons. The van der Waals surface area contributed by atoms with E-state index in [-0.39, 0.29) is 64.1 Å². The average molecular weight is 1220 g/mol. The number of aromatic nitrogens is 7. The zero-order valence-electron chi connectivity index (χ0n) is 43.8. The first kappa shape index (κ1) is 57.4. The number of esters is 1. The molecule has 0 unspecified atom stereocenters. The molecule has 8 heterocycles. The maximum atomic E-state index is 14.2. The number of ether oxygens (including phenoxy) is 3. The number of benzene rings is 1. The number of aryl methyl sites for hydroxylation is 1. The Bertz CT molecular complexity index is 3700. The minimum Gasteiger partial charge on any atom is -0.469 e. The predicted molar refractivity (Wildman–Crippen MR) is 308 cm³/mol. The number of thiazole rings is 6. The van der Waals surface area contributed by atoms with Crippen molar-refractivity contribution in [2.75, 3.05) is 38.4 Å². The molecule has 1 aromatic carbocycles. The highest BCUT2D eigenvalue weighted by atomic mass is 32.1. The molecule has 424 valence electrons. The molecule has 82 heavy (non-hydrogen) atoms. The van der Waals surface area contributed by atoms with Gasteiger partial charge in [0.25, 0.3) is 17.7 Å². The highest BCUT2D eigenvalue weighted by molar-refractivity contribution is 7.16. The molecule has 6 amide bonds. The highest BCUT2D eigenvalue weighted by Gasteiger charge is 2.33. The summed E-state index contributed by atoms with van der Waals surface area (Å²) in [5.41, 5.74) is 2.48. The molecular weight excluding hydrogens is 1180 g/mol. The van der Waals surface area contributed by atoms with E-state index in [1.165, 1.54) is 55.3 Å². The number of nitrogens with zero attached hydrogens (tertiary/aromatic N) is 7. The SMILES string of the molecule is CNC(=O)C[C@@H]1NC(=O)c2csc(n2)-c2ccc(-c3nc(NC(=O)O[C@H]4CC[C@H](C(=O)OC)CC4)cs3)nc2-c2csc(n2)-c2csc(n2)[C@H]([C@@H](O)c2ccccc2)NC(=O)CNC(=O)c2nc(sc2COC)NC(=O)c2nc1sc2C. The number of nitrogens with one attached hydrogen (secondary N) is 6. The largest absolute Gasteiger partial charge is 0.469 e. The third kappa shape index (κ3) is 13.1. The standard InChI is InChI=1S/C52H49N13O11S6/c1-23-37-44(71)65-51-64-39(33(82-51)18-74-3)43(70)54-17-36(67)62-40(41(68)24-8-6-5-7-9-24)49-59-32(21-79-49)47-57-30(19-78-47)38-27(45-58-31(20-77-45)42(69)56-29(16-35(66)53-2)48(63-37)81-23)14-15-28(55-38)46-60-34(22-80-46)61-52(73)76-26-12-10-25(11-13-26)50(72)75-4/h5-9,14-15,19-22,25-26,29,40-41,68H,10-13,16-18H2,1-4H3,(H,53,66)(H,54,70)(H,56,69)(H,61,73)(H,62,67)(H,64,65,71)/t25-,26-,29-,40-,41-/m0/s1. The van der Waals surface area contributed by atoms with Gasteiger partial charge in [-0.3, -0.25) is 39.4 Å². The molecule has 0 saturated heterocycles. The van der Waals surface area contributed by atoms with Crippen molar-refractivity contribution in [2.45, 2.75) is 69.9 Å². The Kier molecular flexibility index (Phi) is 17.9. The van der Waals surface area contributed by atoms with Crippen LogP contribution in [0.3, 0.4) is 0 Å². The summed E-state index contributed by atoms with van der Waals surface area (Å²) in [4.78, 5) is 128. The van der Waals surface area contributed by atoms with Gasteiger partial charge in [-0.15, -0.1) is 56.7 Å². The van der Waals surface area contributed by atoms with Gasteiger partial charge in [-0.2, -0.15) is 0 Å². The van der Waals surface area contributed by atoms with Gasteiger partial charge in [0, 0.05) is 46.1 Å². The molecular formula is C52H49N13O11S6. The van der Waals surface area contributed by atoms with E-state index in [9.17, 15) is 38.7 Å². The van der Waals surface area contributed by atoms with Crippen LogP contribution in [-0.4, -0.2) is 116 Å². The average Bonchev–Trinajstić information content (AvgIpc) is 4.02. The van der Waals surface area contributed by atoms with Crippen LogP contribution in [-0.2, 0) is 35.2 Å². The number of hydrogen-bond donors (Lipinski definition) is 7. The molecule has 10 bridgehead atoms. The van der Waals surface area contributed by atoms with Crippen molar-refractivity contribution in [3.05, 3.63) is 106 Å². The van der Waals surface area contributed by atoms with Gasteiger partial charge in [0.05, 0.1) is 49.2 Å². The van der Waals surface area contributed by atoms with Gasteiger partial charge in [0.2, 0.25) is 11.8 Å². The molecule has 24 nitrogen and oxygen atoms in total. The van der Waals surface area contributed by atoms with E-state index >= 15 is 0 Å². The Hall–Kier alpha value is -7.84. The Morgan fingerprint density at radius 2 is 1.45 bits per heavy atom. The molecule has 1 aliphatic carbocycles. The van der Waals surface area contributed by atoms with Crippen LogP contribution in [0.15, 0.2) is 64.0 Å². The van der Waals surface area contributed by atoms with Crippen LogP contribution >= 0.6 is 68.0 Å². The second-order valence-electron chi connectivity index (χ2n) is 18.4. The number of carbonyl (C=O) groups excluding carboxylic acids is 7. The van der Waals surface area contributed by atoms with Crippen LogP contribution in [0.1, 0.15) is 107 Å². The fraction of sp³-hybridized carbons (Fsp3) is 0.308. The van der Waals surface area contributed by atoms with Gasteiger partial charge >= 0.3 is 12.1 Å². The molecule has 30 heteroatoms. The molecule has 7 aromatic heterocycles. The van der Waals surface area contributed by atoms with Crippen LogP contribution in [0, 0.1) is 12.8 Å². The van der Waals surface area contributed by atoms with Gasteiger partial charge in [-0.1, -0.05) is 41.7 Å². The molecule has 2 aliphatic rings. The van der Waals surface area contributed by atoms with E-state index in [0.29, 0.717) is 89.4 Å². The summed E-state index contributed by atoms with van der Waals surface area (Å²) in [6.45, 7) is 1.07. The van der Waals surface area contributed by atoms with Gasteiger partial charge in [0.1, 0.15) is 83.3 Å². The fourth-order valence-corrected chi connectivity index (χ4v) is 14.0. The van der Waals surface area contributed by atoms with E-state index in [1.807, 2.05) is 0 Å². The zero-order valence-corrected chi connectivity index (χ0v) is 48.7. The molecule has 0 spiro atoms. The number of pyridine rings is 1. The third-order valence-corrected chi connectivity index (χ3v) is 18.5. The molecule has 8 aromatic rings. The smallest absolute Gasteiger partial charge is 0.413 e. The van der Waals surface area contributed by atoms with Crippen molar-refractivity contribution in [1.82, 2.24) is 56.2 Å². The number of aliphatic hydroxyl groups excluding tert-OH is 1. The molecule has 10 rings (SSSR count). The summed E-state index contributed by atoms with van der Waals surface area (Å²) >= 11 is 6.91. The molecule has 1 aliphatic heterocycles. The Morgan fingerprint density at radius 1 is 0.720 bits per heavy atom. The lowest BCUT2D eigenvalue weighted by Gasteiger charge is -2.26. The third-order valence-electron chi connectivity index (χ3n) is 12.9. The zero-order chi connectivity index (χ0) is 57.6. The topological polar surface area (TPSA) is 330 Å². The summed E-state index contributed by atoms with van der Waals surface area (Å²) in [5.74, 6) is -3.39. The molecule has 1 fully saturated rings. The lowest BCUT2D eigenvalue weighted by molar-refractivity contribution is -0.147. The second kappa shape index (κ2) is 25.5. The summed E-state index contributed by atoms with van der Waals surface area (Å²) < 4.78 is 15.9. The normalized spacial score (nSPS) is 18.1. The highest BCUT2D eigenvalue weighted by Crippen LogP contribution is 2.40. The number of rotatable bonds is 10. The number of fused-ring (bicyclic) bond motifs is 14. The first-order valence-electron chi connectivity index (χ1n) is 25.1. The predicted octanol–water partition coefficient (Wildman–Crippen LogP) is 7.72. The Morgan fingerprint density at radius 3 is 2.22 bits per heavy atom. The van der Waals surface area contributed by atoms with E-state index in [0.717, 1.165) is 34.0 Å². The van der Waals surface area contributed by atoms with Crippen molar-refractivity contribution in [3.63, 3.8) is 0 Å². The van der Waals surface area contributed by atoms with Gasteiger partial charge in [-0.05, 0) is 50.3 Å². The van der Waals surface area contributed by atoms with Crippen molar-refractivity contribution in [2.24, 2.45) is 5.92 Å². The van der Waals surface area contributed by atoms with Gasteiger partial charge < -0.3 is 40.6 Å². The minimum absolute atomic E-state index is 0.0131. The Balaban J connectivity index is 1.00. The monoisotopic (exact) mass is 1220 g/mol. The fourth-order valence-electron chi connectivity index (χ4n) is 8.85. The van der Waals surface area contributed by atoms with Gasteiger partial charge in [-0.25, -0.2) is 39.7 Å². The van der Waals surface area contributed by atoms with Crippen LogP contribution in [0.2, 0.25) is 0 Å². The first-order valence-corrected chi connectivity index (χ1v) is 30.3.